The smallest absolute Gasteiger partial charge is 0.0915 e. The van der Waals surface area contributed by atoms with Crippen LogP contribution in [0.4, 0.5) is 0 Å². The van der Waals surface area contributed by atoms with Crippen molar-refractivity contribution in [1.82, 2.24) is 14.1 Å². The molecule has 0 bridgehead atoms. The van der Waals surface area contributed by atoms with Gasteiger partial charge in [-0.05, 0) is 19.9 Å². The summed E-state index contributed by atoms with van der Waals surface area (Å²) in [5.74, 6) is 0. The van der Waals surface area contributed by atoms with Crippen LogP contribution < -0.4 is 5.32 Å². The first-order valence-corrected chi connectivity index (χ1v) is 5.12. The second-order valence-corrected chi connectivity index (χ2v) is 3.54. The van der Waals surface area contributed by atoms with Crippen LogP contribution in [0.3, 0.4) is 0 Å². The molecule has 1 N–H and O–H groups in total. The summed E-state index contributed by atoms with van der Waals surface area (Å²) in [6.45, 7) is 6.11. The summed E-state index contributed by atoms with van der Waals surface area (Å²) in [6, 6.07) is 0.270. The zero-order chi connectivity index (χ0) is 9.68. The van der Waals surface area contributed by atoms with Gasteiger partial charge in [-0.1, -0.05) is 19.1 Å². The fraction of sp³-hybridized carbons (Fsp3) is 0.556. The van der Waals surface area contributed by atoms with Crippen LogP contribution in [0.5, 0.6) is 0 Å². The number of rotatable bonds is 5. The molecule has 1 heterocycles. The quantitative estimate of drug-likeness (QED) is 0.735. The SMILES string of the molecule is C=C(CC)CC(NC)c1cnsn1. The zero-order valence-corrected chi connectivity index (χ0v) is 8.90. The van der Waals surface area contributed by atoms with E-state index in [1.165, 1.54) is 17.3 Å². The fourth-order valence-corrected chi connectivity index (χ4v) is 1.58. The predicted molar refractivity (Wildman–Crippen MR) is 55.8 cm³/mol. The summed E-state index contributed by atoms with van der Waals surface area (Å²) in [5.41, 5.74) is 2.26. The maximum absolute atomic E-state index is 4.20. The summed E-state index contributed by atoms with van der Waals surface area (Å²) >= 11 is 1.25. The number of aromatic nitrogens is 2. The topological polar surface area (TPSA) is 37.8 Å². The minimum atomic E-state index is 0.270. The molecule has 0 aliphatic carbocycles. The molecule has 4 heteroatoms. The van der Waals surface area contributed by atoms with E-state index in [1.54, 1.807) is 0 Å². The van der Waals surface area contributed by atoms with Crippen LogP contribution in [0.15, 0.2) is 18.3 Å². The number of nitrogens with zero attached hydrogens (tertiary/aromatic N) is 2. The van der Waals surface area contributed by atoms with E-state index in [0.717, 1.165) is 18.5 Å². The Hall–Kier alpha value is -0.740. The molecule has 0 radical (unpaired) electrons. The summed E-state index contributed by atoms with van der Waals surface area (Å²) in [6.07, 6.45) is 3.78. The Kier molecular flexibility index (Phi) is 4.05. The highest BCUT2D eigenvalue weighted by atomic mass is 32.1. The second-order valence-electron chi connectivity index (χ2n) is 2.98. The molecule has 0 aliphatic heterocycles. The Bertz CT molecular complexity index is 256. The summed E-state index contributed by atoms with van der Waals surface area (Å²) < 4.78 is 8.19. The van der Waals surface area contributed by atoms with Gasteiger partial charge >= 0.3 is 0 Å². The monoisotopic (exact) mass is 197 g/mol. The Morgan fingerprint density at radius 1 is 1.77 bits per heavy atom. The van der Waals surface area contributed by atoms with Crippen molar-refractivity contribution in [2.45, 2.75) is 25.8 Å². The van der Waals surface area contributed by atoms with Gasteiger partial charge in [0.1, 0.15) is 0 Å². The lowest BCUT2D eigenvalue weighted by Crippen LogP contribution is -2.17. The van der Waals surface area contributed by atoms with Crippen LogP contribution in [-0.2, 0) is 0 Å². The first kappa shape index (κ1) is 10.3. The molecule has 0 amide bonds. The number of hydrogen-bond acceptors (Lipinski definition) is 4. The van der Waals surface area contributed by atoms with Crippen molar-refractivity contribution in [3.63, 3.8) is 0 Å². The van der Waals surface area contributed by atoms with Crippen molar-refractivity contribution in [2.24, 2.45) is 0 Å². The maximum atomic E-state index is 4.20. The zero-order valence-electron chi connectivity index (χ0n) is 8.08. The third kappa shape index (κ3) is 2.90. The summed E-state index contributed by atoms with van der Waals surface area (Å²) in [5, 5.41) is 3.21. The lowest BCUT2D eigenvalue weighted by Gasteiger charge is -2.13. The van der Waals surface area contributed by atoms with Crippen molar-refractivity contribution >= 4 is 11.7 Å². The molecule has 0 aliphatic rings. The van der Waals surface area contributed by atoms with E-state index < -0.39 is 0 Å². The molecule has 1 rings (SSSR count). The van der Waals surface area contributed by atoms with Gasteiger partial charge in [0.25, 0.3) is 0 Å². The Labute approximate surface area is 83.2 Å². The Balaban J connectivity index is 2.58. The molecule has 0 saturated heterocycles. The van der Waals surface area contributed by atoms with Gasteiger partial charge in [0.2, 0.25) is 0 Å². The van der Waals surface area contributed by atoms with Crippen molar-refractivity contribution < 1.29 is 0 Å². The molecule has 0 saturated carbocycles. The Morgan fingerprint density at radius 3 is 3.00 bits per heavy atom. The molecule has 1 aromatic heterocycles. The highest BCUT2D eigenvalue weighted by molar-refractivity contribution is 6.99. The number of nitrogens with one attached hydrogen (secondary N) is 1. The Morgan fingerprint density at radius 2 is 2.54 bits per heavy atom. The van der Waals surface area contributed by atoms with E-state index in [4.69, 9.17) is 0 Å². The van der Waals surface area contributed by atoms with Gasteiger partial charge in [0, 0.05) is 0 Å². The van der Waals surface area contributed by atoms with E-state index in [-0.39, 0.29) is 6.04 Å². The normalized spacial score (nSPS) is 12.8. The standard InChI is InChI=1S/C9H15N3S/c1-4-7(2)5-8(10-3)9-6-11-13-12-9/h6,8,10H,2,4-5H2,1,3H3. The van der Waals surface area contributed by atoms with Crippen LogP contribution in [0, 0.1) is 0 Å². The van der Waals surface area contributed by atoms with Gasteiger partial charge in [-0.2, -0.15) is 8.75 Å². The molecular formula is C9H15N3S. The van der Waals surface area contributed by atoms with Crippen LogP contribution in [0.2, 0.25) is 0 Å². The van der Waals surface area contributed by atoms with Gasteiger partial charge in [0.05, 0.1) is 29.7 Å². The van der Waals surface area contributed by atoms with E-state index in [0.29, 0.717) is 0 Å². The first-order chi connectivity index (χ1) is 6.27. The molecule has 3 nitrogen and oxygen atoms in total. The fourth-order valence-electron chi connectivity index (χ4n) is 1.11. The van der Waals surface area contributed by atoms with Crippen molar-refractivity contribution in [1.29, 1.82) is 0 Å². The van der Waals surface area contributed by atoms with Crippen molar-refractivity contribution in [2.75, 3.05) is 7.05 Å². The van der Waals surface area contributed by atoms with E-state index in [2.05, 4.69) is 27.6 Å². The summed E-state index contributed by atoms with van der Waals surface area (Å²) in [7, 11) is 1.94. The molecule has 1 atom stereocenters. The van der Waals surface area contributed by atoms with E-state index in [1.807, 2.05) is 13.2 Å². The van der Waals surface area contributed by atoms with Crippen molar-refractivity contribution in [3.8, 4) is 0 Å². The van der Waals surface area contributed by atoms with Gasteiger partial charge in [-0.15, -0.1) is 0 Å². The van der Waals surface area contributed by atoms with E-state index >= 15 is 0 Å². The largest absolute Gasteiger partial charge is 0.311 e. The van der Waals surface area contributed by atoms with Crippen LogP contribution >= 0.6 is 11.7 Å². The van der Waals surface area contributed by atoms with Crippen LogP contribution in [-0.4, -0.2) is 15.8 Å². The minimum Gasteiger partial charge on any atom is -0.311 e. The third-order valence-corrected chi connectivity index (χ3v) is 2.57. The molecular weight excluding hydrogens is 182 g/mol. The molecule has 1 aromatic rings. The highest BCUT2D eigenvalue weighted by Gasteiger charge is 2.12. The predicted octanol–water partition coefficient (Wildman–Crippen LogP) is 2.15. The molecule has 13 heavy (non-hydrogen) atoms. The maximum Gasteiger partial charge on any atom is 0.0915 e. The number of hydrogen-bond donors (Lipinski definition) is 1. The lowest BCUT2D eigenvalue weighted by molar-refractivity contribution is 0.571. The third-order valence-electron chi connectivity index (χ3n) is 2.08. The van der Waals surface area contributed by atoms with Crippen LogP contribution in [0.25, 0.3) is 0 Å². The van der Waals surface area contributed by atoms with Gasteiger partial charge in [-0.25, -0.2) is 0 Å². The molecule has 0 spiro atoms. The highest BCUT2D eigenvalue weighted by Crippen LogP contribution is 2.19. The molecule has 0 fully saturated rings. The van der Waals surface area contributed by atoms with Crippen molar-refractivity contribution in [3.05, 3.63) is 24.0 Å². The first-order valence-electron chi connectivity index (χ1n) is 4.39. The lowest BCUT2D eigenvalue weighted by atomic mass is 10.0. The minimum absolute atomic E-state index is 0.270. The summed E-state index contributed by atoms with van der Waals surface area (Å²) in [4.78, 5) is 0. The molecule has 1 unspecified atom stereocenters. The molecule has 0 aromatic carbocycles. The van der Waals surface area contributed by atoms with Gasteiger partial charge in [-0.3, -0.25) is 0 Å². The average Bonchev–Trinajstić information content (AvgIpc) is 2.66. The van der Waals surface area contributed by atoms with E-state index in [9.17, 15) is 0 Å². The van der Waals surface area contributed by atoms with Gasteiger partial charge < -0.3 is 5.32 Å². The van der Waals surface area contributed by atoms with Crippen LogP contribution in [0.1, 0.15) is 31.5 Å². The second kappa shape index (κ2) is 5.09. The molecule has 72 valence electrons. The average molecular weight is 197 g/mol. The van der Waals surface area contributed by atoms with Gasteiger partial charge in [0.15, 0.2) is 0 Å².